The number of ether oxygens (including phenoxy) is 1. The number of carbonyl (C=O) groups is 2. The molecule has 3 atom stereocenters. The number of quaternary nitrogens is 1. The van der Waals surface area contributed by atoms with Gasteiger partial charge in [0.25, 0.3) is 5.91 Å². The van der Waals surface area contributed by atoms with Crippen LogP contribution < -0.4 is 10.2 Å². The Labute approximate surface area is 149 Å². The fourth-order valence-corrected chi connectivity index (χ4v) is 4.43. The van der Waals surface area contributed by atoms with Gasteiger partial charge >= 0.3 is 5.97 Å². The summed E-state index contributed by atoms with van der Waals surface area (Å²) in [4.78, 5) is 25.3. The van der Waals surface area contributed by atoms with Gasteiger partial charge in [0.05, 0.1) is 25.3 Å². The van der Waals surface area contributed by atoms with Gasteiger partial charge < -0.3 is 15.0 Å². The number of methoxy groups -OCH3 is 1. The first-order valence-electron chi connectivity index (χ1n) is 9.46. The van der Waals surface area contributed by atoms with E-state index in [1.165, 1.54) is 50.5 Å². The van der Waals surface area contributed by atoms with Gasteiger partial charge in [0.2, 0.25) is 0 Å². The molecule has 0 radical (unpaired) electrons. The van der Waals surface area contributed by atoms with Gasteiger partial charge in [-0.05, 0) is 49.8 Å². The minimum atomic E-state index is -0.341. The molecule has 1 aliphatic heterocycles. The van der Waals surface area contributed by atoms with Gasteiger partial charge in [0.1, 0.15) is 0 Å². The van der Waals surface area contributed by atoms with E-state index in [1.807, 2.05) is 12.1 Å². The number of amides is 1. The highest BCUT2D eigenvalue weighted by Gasteiger charge is 2.37. The van der Waals surface area contributed by atoms with Crippen LogP contribution in [0, 0.1) is 5.92 Å². The molecule has 1 unspecified atom stereocenters. The summed E-state index contributed by atoms with van der Waals surface area (Å²) < 4.78 is 4.69. The molecule has 0 bridgehead atoms. The second kappa shape index (κ2) is 8.48. The number of carbonyl (C=O) groups excluding carboxylic acids is 2. The number of hydrogen-bond donors (Lipinski definition) is 2. The number of benzene rings is 1. The average Bonchev–Trinajstić information content (AvgIpc) is 2.66. The van der Waals surface area contributed by atoms with E-state index in [4.69, 9.17) is 4.74 Å². The van der Waals surface area contributed by atoms with Gasteiger partial charge in [0, 0.05) is 12.5 Å². The van der Waals surface area contributed by atoms with Crippen LogP contribution in [0.4, 0.5) is 0 Å². The Balaban J connectivity index is 1.48. The fraction of sp³-hybridized carbons (Fsp3) is 0.600. The lowest BCUT2D eigenvalue weighted by atomic mass is 9.78. The van der Waals surface area contributed by atoms with Gasteiger partial charge in [-0.15, -0.1) is 0 Å². The maximum absolute atomic E-state index is 12.4. The molecule has 2 N–H and O–H groups in total. The van der Waals surface area contributed by atoms with E-state index < -0.39 is 0 Å². The number of rotatable bonds is 5. The predicted molar refractivity (Wildman–Crippen MR) is 95.3 cm³/mol. The Morgan fingerprint density at radius 3 is 2.60 bits per heavy atom. The third-order valence-corrected chi connectivity index (χ3v) is 5.76. The highest BCUT2D eigenvalue weighted by Crippen LogP contribution is 2.28. The maximum atomic E-state index is 12.4. The Hall–Kier alpha value is -1.88. The summed E-state index contributed by atoms with van der Waals surface area (Å²) in [5, 5.41) is 3.03. The van der Waals surface area contributed by atoms with Gasteiger partial charge in [0.15, 0.2) is 6.54 Å². The molecule has 1 heterocycles. The van der Waals surface area contributed by atoms with Crippen LogP contribution in [0.1, 0.15) is 54.4 Å². The standard InChI is InChI=1S/C20H28N2O3/c1-25-20(24)17-10-8-15(9-11-17)13-21-19(23)14-22-12-4-6-16-5-2-3-7-18(16)22/h8-11,16,18H,2-7,12-14H2,1H3,(H,21,23)/p+1/t16-,18+/m1/s1. The van der Waals surface area contributed by atoms with Crippen molar-refractivity contribution in [1.82, 2.24) is 5.32 Å². The molecule has 1 aromatic rings. The molecule has 3 rings (SSSR count). The maximum Gasteiger partial charge on any atom is 0.337 e. The number of esters is 1. The Morgan fingerprint density at radius 1 is 1.12 bits per heavy atom. The third-order valence-electron chi connectivity index (χ3n) is 5.76. The molecular weight excluding hydrogens is 316 g/mol. The Kier molecular flexibility index (Phi) is 6.08. The minimum Gasteiger partial charge on any atom is -0.465 e. The molecule has 0 spiro atoms. The summed E-state index contributed by atoms with van der Waals surface area (Å²) >= 11 is 0. The lowest BCUT2D eigenvalue weighted by Gasteiger charge is -2.40. The van der Waals surface area contributed by atoms with Crippen LogP contribution in [0.5, 0.6) is 0 Å². The quantitative estimate of drug-likeness (QED) is 0.792. The van der Waals surface area contributed by atoms with Crippen LogP contribution >= 0.6 is 0 Å². The molecule has 0 aromatic heterocycles. The molecule has 136 valence electrons. The summed E-state index contributed by atoms with van der Waals surface area (Å²) in [6, 6.07) is 7.87. The first kappa shape index (κ1) is 17.9. The van der Waals surface area contributed by atoms with Gasteiger partial charge in [-0.1, -0.05) is 18.6 Å². The van der Waals surface area contributed by atoms with Crippen molar-refractivity contribution in [3.8, 4) is 0 Å². The number of piperidine rings is 1. The van der Waals surface area contributed by atoms with Crippen LogP contribution in [0.3, 0.4) is 0 Å². The zero-order chi connectivity index (χ0) is 17.6. The molecule has 1 saturated carbocycles. The van der Waals surface area contributed by atoms with E-state index >= 15 is 0 Å². The van der Waals surface area contributed by atoms with E-state index in [9.17, 15) is 9.59 Å². The summed E-state index contributed by atoms with van der Waals surface area (Å²) in [6.07, 6.45) is 7.91. The van der Waals surface area contributed by atoms with Crippen LogP contribution in [0.2, 0.25) is 0 Å². The monoisotopic (exact) mass is 345 g/mol. The van der Waals surface area contributed by atoms with Crippen LogP contribution in [-0.4, -0.2) is 38.1 Å². The highest BCUT2D eigenvalue weighted by atomic mass is 16.5. The van der Waals surface area contributed by atoms with E-state index in [2.05, 4.69) is 5.32 Å². The fourth-order valence-electron chi connectivity index (χ4n) is 4.43. The SMILES string of the molecule is COC(=O)c1ccc(CNC(=O)C[NH+]2CCC[C@H]3CCCC[C@@H]32)cc1. The summed E-state index contributed by atoms with van der Waals surface area (Å²) in [7, 11) is 1.37. The molecule has 5 heteroatoms. The molecule has 1 aliphatic carbocycles. The largest absolute Gasteiger partial charge is 0.465 e. The average molecular weight is 345 g/mol. The van der Waals surface area contributed by atoms with Crippen molar-refractivity contribution in [2.75, 3.05) is 20.2 Å². The Morgan fingerprint density at radius 2 is 1.84 bits per heavy atom. The van der Waals surface area contributed by atoms with Crippen molar-refractivity contribution >= 4 is 11.9 Å². The first-order chi connectivity index (χ1) is 12.2. The number of fused-ring (bicyclic) bond motifs is 1. The lowest BCUT2D eigenvalue weighted by molar-refractivity contribution is -0.928. The molecule has 25 heavy (non-hydrogen) atoms. The minimum absolute atomic E-state index is 0.123. The molecule has 5 nitrogen and oxygen atoms in total. The van der Waals surface area contributed by atoms with Crippen molar-refractivity contribution in [1.29, 1.82) is 0 Å². The first-order valence-corrected chi connectivity index (χ1v) is 9.46. The molecule has 1 amide bonds. The predicted octanol–water partition coefficient (Wildman–Crippen LogP) is 1.33. The summed E-state index contributed by atoms with van der Waals surface area (Å²) in [6.45, 7) is 2.21. The summed E-state index contributed by atoms with van der Waals surface area (Å²) in [5.41, 5.74) is 1.52. The summed E-state index contributed by atoms with van der Waals surface area (Å²) in [5.74, 6) is 0.612. The van der Waals surface area contributed by atoms with E-state index in [-0.39, 0.29) is 11.9 Å². The van der Waals surface area contributed by atoms with Gasteiger partial charge in [-0.2, -0.15) is 0 Å². The number of nitrogens with one attached hydrogen (secondary N) is 2. The molecular formula is C20H29N2O3+. The van der Waals surface area contributed by atoms with Crippen molar-refractivity contribution in [3.05, 3.63) is 35.4 Å². The van der Waals surface area contributed by atoms with Crippen molar-refractivity contribution < 1.29 is 19.2 Å². The zero-order valence-corrected chi connectivity index (χ0v) is 15.1. The lowest BCUT2D eigenvalue weighted by Crippen LogP contribution is -3.18. The second-order valence-electron chi connectivity index (χ2n) is 7.34. The molecule has 2 fully saturated rings. The highest BCUT2D eigenvalue weighted by molar-refractivity contribution is 5.89. The molecule has 1 saturated heterocycles. The van der Waals surface area contributed by atoms with Crippen LogP contribution in [0.25, 0.3) is 0 Å². The molecule has 1 aromatic carbocycles. The van der Waals surface area contributed by atoms with Crippen molar-refractivity contribution in [3.63, 3.8) is 0 Å². The smallest absolute Gasteiger partial charge is 0.337 e. The van der Waals surface area contributed by atoms with E-state index in [0.29, 0.717) is 24.7 Å². The van der Waals surface area contributed by atoms with Crippen molar-refractivity contribution in [2.45, 2.75) is 51.1 Å². The van der Waals surface area contributed by atoms with Crippen LogP contribution in [-0.2, 0) is 16.1 Å². The molecule has 2 aliphatic rings. The number of hydrogen-bond acceptors (Lipinski definition) is 3. The van der Waals surface area contributed by atoms with E-state index in [1.54, 1.807) is 12.1 Å². The normalized spacial score (nSPS) is 25.7. The van der Waals surface area contributed by atoms with Gasteiger partial charge in [-0.25, -0.2) is 4.79 Å². The topological polar surface area (TPSA) is 59.8 Å². The zero-order valence-electron chi connectivity index (χ0n) is 15.1. The van der Waals surface area contributed by atoms with E-state index in [0.717, 1.165) is 18.0 Å². The van der Waals surface area contributed by atoms with Crippen LogP contribution in [0.15, 0.2) is 24.3 Å². The Bertz CT molecular complexity index is 597. The second-order valence-corrected chi connectivity index (χ2v) is 7.34. The van der Waals surface area contributed by atoms with Crippen molar-refractivity contribution in [2.24, 2.45) is 5.92 Å². The van der Waals surface area contributed by atoms with Gasteiger partial charge in [-0.3, -0.25) is 4.79 Å². The number of likely N-dealkylation sites (tertiary alicyclic amines) is 1. The third kappa shape index (κ3) is 4.60.